The van der Waals surface area contributed by atoms with E-state index in [2.05, 4.69) is 40.7 Å². The summed E-state index contributed by atoms with van der Waals surface area (Å²) in [7, 11) is 2.12. The van der Waals surface area contributed by atoms with Crippen LogP contribution in [0.1, 0.15) is 52.2 Å². The van der Waals surface area contributed by atoms with E-state index in [4.69, 9.17) is 0 Å². The molecule has 1 N–H and O–H groups in total. The summed E-state index contributed by atoms with van der Waals surface area (Å²) < 4.78 is 2.27. The van der Waals surface area contributed by atoms with Gasteiger partial charge in [-0.3, -0.25) is 4.90 Å². The summed E-state index contributed by atoms with van der Waals surface area (Å²) >= 11 is 0. The van der Waals surface area contributed by atoms with E-state index in [-0.39, 0.29) is 18.1 Å². The van der Waals surface area contributed by atoms with Crippen molar-refractivity contribution in [3.8, 4) is 0 Å². The number of imidazole rings is 1. The zero-order valence-corrected chi connectivity index (χ0v) is 14.6. The topological polar surface area (TPSA) is 53.4 Å². The van der Waals surface area contributed by atoms with Crippen LogP contribution in [-0.2, 0) is 13.1 Å². The van der Waals surface area contributed by atoms with Crippen molar-refractivity contribution in [3.05, 3.63) is 17.7 Å². The number of nitrogens with one attached hydrogen (secondary N) is 1. The normalized spacial score (nSPS) is 18.2. The number of nitrogens with zero attached hydrogens (tertiary/aromatic N) is 4. The highest BCUT2D eigenvalue weighted by Crippen LogP contribution is 2.25. The van der Waals surface area contributed by atoms with Crippen LogP contribution < -0.4 is 5.32 Å². The van der Waals surface area contributed by atoms with Gasteiger partial charge in [-0.25, -0.2) is 9.78 Å². The molecule has 0 radical (unpaired) electrons. The summed E-state index contributed by atoms with van der Waals surface area (Å²) in [5.74, 6) is 0.984. The lowest BCUT2D eigenvalue weighted by atomic mass is 10.2. The first-order chi connectivity index (χ1) is 10.3. The lowest BCUT2D eigenvalue weighted by molar-refractivity contribution is 0.156. The summed E-state index contributed by atoms with van der Waals surface area (Å²) in [5.41, 5.74) is 1.22. The molecule has 0 fully saturated rings. The summed E-state index contributed by atoms with van der Waals surface area (Å²) in [5, 5.41) is 2.97. The number of urea groups is 1. The highest BCUT2D eigenvalue weighted by atomic mass is 16.2. The van der Waals surface area contributed by atoms with Crippen molar-refractivity contribution in [2.75, 3.05) is 13.6 Å². The molecule has 0 unspecified atom stereocenters. The van der Waals surface area contributed by atoms with E-state index in [0.717, 1.165) is 25.5 Å². The average Bonchev–Trinajstić information content (AvgIpc) is 2.82. The molecule has 0 aliphatic carbocycles. The number of aromatic nitrogens is 2. The van der Waals surface area contributed by atoms with Crippen LogP contribution in [0.2, 0.25) is 0 Å². The Bertz CT molecular complexity index is 523. The van der Waals surface area contributed by atoms with E-state index < -0.39 is 0 Å². The molecular formula is C16H29N5O. The number of hydrogen-bond acceptors (Lipinski definition) is 3. The van der Waals surface area contributed by atoms with Crippen molar-refractivity contribution in [1.82, 2.24) is 24.7 Å². The molecule has 0 saturated carbocycles. The molecule has 1 aliphatic rings. The summed E-state index contributed by atoms with van der Waals surface area (Å²) in [4.78, 5) is 21.0. The second-order valence-corrected chi connectivity index (χ2v) is 6.74. The summed E-state index contributed by atoms with van der Waals surface area (Å²) in [6, 6.07) is 0.653. The van der Waals surface area contributed by atoms with Crippen LogP contribution in [0.25, 0.3) is 0 Å². The Morgan fingerprint density at radius 1 is 1.41 bits per heavy atom. The Balaban J connectivity index is 2.14. The van der Waals surface area contributed by atoms with E-state index >= 15 is 0 Å². The smallest absolute Gasteiger partial charge is 0.318 e. The molecule has 124 valence electrons. The highest BCUT2D eigenvalue weighted by molar-refractivity contribution is 5.75. The molecule has 22 heavy (non-hydrogen) atoms. The average molecular weight is 307 g/mol. The number of fused-ring (bicyclic) bond motifs is 1. The number of amides is 2. The Morgan fingerprint density at radius 3 is 2.68 bits per heavy atom. The molecule has 1 aromatic rings. The predicted octanol–water partition coefficient (Wildman–Crippen LogP) is 2.22. The first kappa shape index (κ1) is 16.8. The first-order valence-electron chi connectivity index (χ1n) is 8.13. The molecule has 6 heteroatoms. The first-order valence-corrected chi connectivity index (χ1v) is 8.13. The van der Waals surface area contributed by atoms with Crippen molar-refractivity contribution in [2.45, 2.75) is 65.8 Å². The maximum atomic E-state index is 12.3. The minimum Gasteiger partial charge on any atom is -0.336 e. The second-order valence-electron chi connectivity index (χ2n) is 6.74. The Labute approximate surface area is 133 Å². The maximum Gasteiger partial charge on any atom is 0.318 e. The molecule has 0 saturated heterocycles. The van der Waals surface area contributed by atoms with Crippen molar-refractivity contribution >= 4 is 6.03 Å². The minimum atomic E-state index is -0.00222. The SMILES string of the molecule is CC(C)NC(=O)N1CCn2c(CN(C)C(C)C)cnc2[C@@H]1C. The van der Waals surface area contributed by atoms with Crippen LogP contribution in [0.3, 0.4) is 0 Å². The van der Waals surface area contributed by atoms with Gasteiger partial charge in [0.1, 0.15) is 5.82 Å². The van der Waals surface area contributed by atoms with Gasteiger partial charge in [-0.05, 0) is 41.7 Å². The van der Waals surface area contributed by atoms with Gasteiger partial charge < -0.3 is 14.8 Å². The van der Waals surface area contributed by atoms with E-state index in [1.165, 1.54) is 5.69 Å². The van der Waals surface area contributed by atoms with Gasteiger partial charge >= 0.3 is 6.03 Å². The fourth-order valence-electron chi connectivity index (χ4n) is 2.73. The Morgan fingerprint density at radius 2 is 2.09 bits per heavy atom. The van der Waals surface area contributed by atoms with Gasteiger partial charge in [-0.1, -0.05) is 0 Å². The fraction of sp³-hybridized carbons (Fsp3) is 0.750. The molecule has 2 heterocycles. The van der Waals surface area contributed by atoms with Gasteiger partial charge in [0, 0.05) is 37.9 Å². The number of carbonyl (C=O) groups is 1. The molecule has 0 bridgehead atoms. The van der Waals surface area contributed by atoms with Gasteiger partial charge in [-0.15, -0.1) is 0 Å². The van der Waals surface area contributed by atoms with Gasteiger partial charge in [0.15, 0.2) is 0 Å². The molecule has 2 amide bonds. The monoisotopic (exact) mass is 307 g/mol. The molecule has 0 aromatic carbocycles. The number of carbonyl (C=O) groups excluding carboxylic acids is 1. The largest absolute Gasteiger partial charge is 0.336 e. The van der Waals surface area contributed by atoms with Crippen LogP contribution >= 0.6 is 0 Å². The third-order valence-corrected chi connectivity index (χ3v) is 4.34. The van der Waals surface area contributed by atoms with E-state index in [0.29, 0.717) is 6.04 Å². The predicted molar refractivity (Wildman–Crippen MR) is 87.6 cm³/mol. The standard InChI is InChI=1S/C16H29N5O/c1-11(2)18-16(22)20-7-8-21-14(10-19(6)12(3)4)9-17-15(21)13(20)5/h9,11-13H,7-8,10H2,1-6H3,(H,18,22)/t13-/m0/s1. The number of hydrogen-bond donors (Lipinski definition) is 1. The van der Waals surface area contributed by atoms with Crippen LogP contribution in [0.4, 0.5) is 4.79 Å². The molecule has 2 rings (SSSR count). The zero-order chi connectivity index (χ0) is 16.4. The molecule has 1 atom stereocenters. The summed E-state index contributed by atoms with van der Waals surface area (Å²) in [6.07, 6.45) is 1.95. The van der Waals surface area contributed by atoms with Gasteiger partial charge in [0.05, 0.1) is 11.7 Å². The van der Waals surface area contributed by atoms with Crippen molar-refractivity contribution < 1.29 is 4.79 Å². The summed E-state index contributed by atoms with van der Waals surface area (Å²) in [6.45, 7) is 12.8. The van der Waals surface area contributed by atoms with Crippen LogP contribution in [0.15, 0.2) is 6.20 Å². The van der Waals surface area contributed by atoms with E-state index in [1.54, 1.807) is 0 Å². The van der Waals surface area contributed by atoms with Crippen molar-refractivity contribution in [2.24, 2.45) is 0 Å². The van der Waals surface area contributed by atoms with Crippen molar-refractivity contribution in [1.29, 1.82) is 0 Å². The lowest BCUT2D eigenvalue weighted by Crippen LogP contribution is -2.48. The lowest BCUT2D eigenvalue weighted by Gasteiger charge is -2.35. The second kappa shape index (κ2) is 6.69. The number of rotatable bonds is 4. The third kappa shape index (κ3) is 3.43. The Kier molecular flexibility index (Phi) is 5.11. The van der Waals surface area contributed by atoms with Crippen LogP contribution in [0, 0.1) is 0 Å². The fourth-order valence-corrected chi connectivity index (χ4v) is 2.73. The Hall–Kier alpha value is -1.56. The van der Waals surface area contributed by atoms with E-state index in [1.807, 2.05) is 31.9 Å². The van der Waals surface area contributed by atoms with E-state index in [9.17, 15) is 4.79 Å². The molecule has 6 nitrogen and oxygen atoms in total. The zero-order valence-electron chi connectivity index (χ0n) is 14.6. The van der Waals surface area contributed by atoms with Gasteiger partial charge in [0.25, 0.3) is 0 Å². The molecular weight excluding hydrogens is 278 g/mol. The quantitative estimate of drug-likeness (QED) is 0.928. The van der Waals surface area contributed by atoms with Gasteiger partial charge in [-0.2, -0.15) is 0 Å². The highest BCUT2D eigenvalue weighted by Gasteiger charge is 2.30. The molecule has 1 aromatic heterocycles. The van der Waals surface area contributed by atoms with Gasteiger partial charge in [0.2, 0.25) is 0 Å². The van der Waals surface area contributed by atoms with Crippen LogP contribution in [0.5, 0.6) is 0 Å². The minimum absolute atomic E-state index is 0.00222. The molecule has 1 aliphatic heterocycles. The maximum absolute atomic E-state index is 12.3. The van der Waals surface area contributed by atoms with Crippen LogP contribution in [-0.4, -0.2) is 51.1 Å². The third-order valence-electron chi connectivity index (χ3n) is 4.34. The molecule has 0 spiro atoms. The van der Waals surface area contributed by atoms with Crippen molar-refractivity contribution in [3.63, 3.8) is 0 Å².